The molecule has 1 aromatic rings. The Balaban J connectivity index is 1.95. The fourth-order valence-electron chi connectivity index (χ4n) is 2.87. The van der Waals surface area contributed by atoms with Gasteiger partial charge in [-0.3, -0.25) is 10.1 Å². The molecule has 2 rings (SSSR count). The number of carbonyl (C=O) groups is 1. The van der Waals surface area contributed by atoms with E-state index < -0.39 is 10.9 Å². The van der Waals surface area contributed by atoms with Gasteiger partial charge in [-0.1, -0.05) is 32.1 Å². The van der Waals surface area contributed by atoms with Gasteiger partial charge in [0.05, 0.1) is 4.92 Å². The van der Waals surface area contributed by atoms with Crippen LogP contribution in [0.25, 0.3) is 0 Å². The van der Waals surface area contributed by atoms with Crippen molar-refractivity contribution in [2.24, 2.45) is 5.92 Å². The Morgan fingerprint density at radius 2 is 2.05 bits per heavy atom. The molecule has 1 aromatic carbocycles. The van der Waals surface area contributed by atoms with Crippen LogP contribution in [0.4, 0.5) is 11.4 Å². The summed E-state index contributed by atoms with van der Waals surface area (Å²) in [6.45, 7) is 0.758. The third-order valence-corrected chi connectivity index (χ3v) is 4.03. The molecular weight excluding hydrogens is 272 g/mol. The van der Waals surface area contributed by atoms with Crippen molar-refractivity contribution in [1.29, 1.82) is 0 Å². The molecule has 2 N–H and O–H groups in total. The molecule has 0 heterocycles. The molecule has 6 heteroatoms. The number of nitro benzene ring substituents is 1. The van der Waals surface area contributed by atoms with Gasteiger partial charge in [-0.25, -0.2) is 4.79 Å². The van der Waals surface area contributed by atoms with E-state index in [0.29, 0.717) is 5.69 Å². The quantitative estimate of drug-likeness (QED) is 0.616. The molecule has 0 saturated heterocycles. The zero-order valence-electron chi connectivity index (χ0n) is 11.9. The highest BCUT2D eigenvalue weighted by Gasteiger charge is 2.20. The number of hydrogen-bond acceptors (Lipinski definition) is 4. The average molecular weight is 292 g/mol. The number of carboxylic acid groups (broad SMARTS) is 1. The maximum Gasteiger partial charge on any atom is 0.342 e. The van der Waals surface area contributed by atoms with Crippen molar-refractivity contribution >= 4 is 17.3 Å². The van der Waals surface area contributed by atoms with Crippen LogP contribution in [0.15, 0.2) is 18.2 Å². The van der Waals surface area contributed by atoms with Gasteiger partial charge in [0, 0.05) is 18.3 Å². The van der Waals surface area contributed by atoms with Crippen LogP contribution >= 0.6 is 0 Å². The lowest BCUT2D eigenvalue weighted by Gasteiger charge is -2.21. The molecule has 0 aromatic heterocycles. The molecule has 21 heavy (non-hydrogen) atoms. The highest BCUT2D eigenvalue weighted by atomic mass is 16.6. The van der Waals surface area contributed by atoms with E-state index in [2.05, 4.69) is 5.32 Å². The van der Waals surface area contributed by atoms with E-state index in [1.807, 2.05) is 0 Å². The fraction of sp³-hybridized carbons (Fsp3) is 0.533. The third-order valence-electron chi connectivity index (χ3n) is 4.03. The van der Waals surface area contributed by atoms with E-state index in [0.717, 1.165) is 18.9 Å². The van der Waals surface area contributed by atoms with Gasteiger partial charge in [-0.15, -0.1) is 0 Å². The van der Waals surface area contributed by atoms with Gasteiger partial charge in [0.2, 0.25) is 0 Å². The topological polar surface area (TPSA) is 92.5 Å². The summed E-state index contributed by atoms with van der Waals surface area (Å²) in [6, 6.07) is 4.16. The Morgan fingerprint density at radius 1 is 1.33 bits per heavy atom. The maximum atomic E-state index is 10.9. The second-order valence-electron chi connectivity index (χ2n) is 5.51. The molecule has 1 aliphatic carbocycles. The number of carboxylic acids is 1. The van der Waals surface area contributed by atoms with Gasteiger partial charge in [-0.05, 0) is 24.5 Å². The molecular formula is C15H20N2O4. The average Bonchev–Trinajstić information content (AvgIpc) is 2.48. The molecule has 0 radical (unpaired) electrons. The number of nitrogens with one attached hydrogen (secondary N) is 1. The van der Waals surface area contributed by atoms with Crippen LogP contribution in [0.5, 0.6) is 0 Å². The zero-order chi connectivity index (χ0) is 15.2. The van der Waals surface area contributed by atoms with Crippen molar-refractivity contribution in [3.05, 3.63) is 33.9 Å². The lowest BCUT2D eigenvalue weighted by atomic mass is 9.87. The molecule has 0 spiro atoms. The first kappa shape index (κ1) is 15.3. The SMILES string of the molecule is O=C(O)c1ccc(NCCC2CCCCC2)cc1[N+](=O)[O-]. The number of nitrogens with zero attached hydrogens (tertiary/aromatic N) is 1. The van der Waals surface area contributed by atoms with Crippen molar-refractivity contribution in [1.82, 2.24) is 0 Å². The van der Waals surface area contributed by atoms with Gasteiger partial charge >= 0.3 is 5.97 Å². The summed E-state index contributed by atoms with van der Waals surface area (Å²) >= 11 is 0. The normalized spacial score (nSPS) is 15.6. The Morgan fingerprint density at radius 3 is 2.67 bits per heavy atom. The standard InChI is InChI=1S/C15H20N2O4/c18-15(19)13-7-6-12(10-14(13)17(20)21)16-9-8-11-4-2-1-3-5-11/h6-7,10-11,16H,1-5,8-9H2,(H,18,19). The predicted molar refractivity (Wildman–Crippen MR) is 79.7 cm³/mol. The van der Waals surface area contributed by atoms with Crippen molar-refractivity contribution in [3.8, 4) is 0 Å². The van der Waals surface area contributed by atoms with Gasteiger partial charge in [0.1, 0.15) is 5.56 Å². The molecule has 0 aliphatic heterocycles. The summed E-state index contributed by atoms with van der Waals surface area (Å²) in [5.74, 6) is -0.546. The molecule has 114 valence electrons. The van der Waals surface area contributed by atoms with E-state index >= 15 is 0 Å². The summed E-state index contributed by atoms with van der Waals surface area (Å²) in [7, 11) is 0. The first-order valence-corrected chi connectivity index (χ1v) is 7.33. The Bertz CT molecular complexity index is 524. The number of aromatic carboxylic acids is 1. The highest BCUT2D eigenvalue weighted by Crippen LogP contribution is 2.27. The molecule has 6 nitrogen and oxygen atoms in total. The largest absolute Gasteiger partial charge is 0.477 e. The predicted octanol–water partition coefficient (Wildman–Crippen LogP) is 3.68. The first-order chi connectivity index (χ1) is 10.1. The summed E-state index contributed by atoms with van der Waals surface area (Å²) in [6.07, 6.45) is 7.49. The van der Waals surface area contributed by atoms with E-state index in [1.54, 1.807) is 6.07 Å². The minimum atomic E-state index is -1.28. The Hall–Kier alpha value is -2.11. The summed E-state index contributed by atoms with van der Waals surface area (Å²) in [5.41, 5.74) is -0.0505. The Labute approximate surface area is 123 Å². The maximum absolute atomic E-state index is 10.9. The molecule has 1 aliphatic rings. The van der Waals surface area contributed by atoms with E-state index in [4.69, 9.17) is 5.11 Å². The second kappa shape index (κ2) is 7.06. The van der Waals surface area contributed by atoms with Crippen molar-refractivity contribution in [2.75, 3.05) is 11.9 Å². The molecule has 1 fully saturated rings. The minimum Gasteiger partial charge on any atom is -0.477 e. The number of nitro groups is 1. The molecule has 1 saturated carbocycles. The number of hydrogen-bond donors (Lipinski definition) is 2. The van der Waals surface area contributed by atoms with Crippen molar-refractivity contribution < 1.29 is 14.8 Å². The van der Waals surface area contributed by atoms with E-state index in [1.165, 1.54) is 44.2 Å². The third kappa shape index (κ3) is 4.18. The van der Waals surface area contributed by atoms with Crippen LogP contribution in [0, 0.1) is 16.0 Å². The number of benzene rings is 1. The molecule has 0 bridgehead atoms. The van der Waals surface area contributed by atoms with Crippen LogP contribution in [0.1, 0.15) is 48.9 Å². The van der Waals surface area contributed by atoms with Gasteiger partial charge in [0.15, 0.2) is 0 Å². The van der Waals surface area contributed by atoms with Crippen LogP contribution in [0.3, 0.4) is 0 Å². The number of rotatable bonds is 6. The van der Waals surface area contributed by atoms with Gasteiger partial charge in [0.25, 0.3) is 5.69 Å². The molecule has 0 atom stereocenters. The van der Waals surface area contributed by atoms with Crippen molar-refractivity contribution in [3.63, 3.8) is 0 Å². The lowest BCUT2D eigenvalue weighted by molar-refractivity contribution is -0.385. The second-order valence-corrected chi connectivity index (χ2v) is 5.51. The smallest absolute Gasteiger partial charge is 0.342 e. The Kier molecular flexibility index (Phi) is 5.14. The highest BCUT2D eigenvalue weighted by molar-refractivity contribution is 5.93. The van der Waals surface area contributed by atoms with Gasteiger partial charge < -0.3 is 10.4 Å². The lowest BCUT2D eigenvalue weighted by Crippen LogP contribution is -2.12. The van der Waals surface area contributed by atoms with Crippen LogP contribution in [0.2, 0.25) is 0 Å². The molecule has 0 unspecified atom stereocenters. The van der Waals surface area contributed by atoms with Crippen LogP contribution in [-0.4, -0.2) is 22.5 Å². The summed E-state index contributed by atoms with van der Waals surface area (Å²) in [4.78, 5) is 21.2. The monoisotopic (exact) mass is 292 g/mol. The van der Waals surface area contributed by atoms with Gasteiger partial charge in [-0.2, -0.15) is 0 Å². The molecule has 0 amide bonds. The summed E-state index contributed by atoms with van der Waals surface area (Å²) in [5, 5.41) is 23.0. The van der Waals surface area contributed by atoms with E-state index in [-0.39, 0.29) is 11.3 Å². The number of anilines is 1. The van der Waals surface area contributed by atoms with Crippen LogP contribution < -0.4 is 5.32 Å². The summed E-state index contributed by atoms with van der Waals surface area (Å²) < 4.78 is 0. The van der Waals surface area contributed by atoms with E-state index in [9.17, 15) is 14.9 Å². The van der Waals surface area contributed by atoms with Crippen LogP contribution in [-0.2, 0) is 0 Å². The fourth-order valence-corrected chi connectivity index (χ4v) is 2.87. The van der Waals surface area contributed by atoms with Crippen molar-refractivity contribution in [2.45, 2.75) is 38.5 Å². The zero-order valence-corrected chi connectivity index (χ0v) is 11.9. The minimum absolute atomic E-state index is 0.280. The first-order valence-electron chi connectivity index (χ1n) is 7.33.